The highest BCUT2D eigenvalue weighted by Gasteiger charge is 2.34. The van der Waals surface area contributed by atoms with E-state index < -0.39 is 0 Å². The van der Waals surface area contributed by atoms with Crippen LogP contribution >= 0.6 is 0 Å². The van der Waals surface area contributed by atoms with Crippen molar-refractivity contribution in [2.45, 2.75) is 32.6 Å². The maximum atomic E-state index is 12.5. The van der Waals surface area contributed by atoms with Crippen molar-refractivity contribution in [1.82, 2.24) is 4.90 Å². The number of amides is 1. The van der Waals surface area contributed by atoms with Crippen molar-refractivity contribution < 1.29 is 4.79 Å². The van der Waals surface area contributed by atoms with E-state index in [-0.39, 0.29) is 11.3 Å². The largest absolute Gasteiger partial charge is 0.338 e. The molecule has 2 rings (SSSR count). The van der Waals surface area contributed by atoms with Crippen LogP contribution in [0.3, 0.4) is 0 Å². The van der Waals surface area contributed by atoms with Crippen LogP contribution in [0.4, 0.5) is 0 Å². The van der Waals surface area contributed by atoms with Crippen molar-refractivity contribution in [2.75, 3.05) is 13.1 Å². The molecule has 0 aromatic heterocycles. The first-order chi connectivity index (χ1) is 9.21. The topological polar surface area (TPSA) is 20.3 Å². The van der Waals surface area contributed by atoms with Crippen LogP contribution in [0.15, 0.2) is 43.0 Å². The summed E-state index contributed by atoms with van der Waals surface area (Å²) in [5, 5.41) is 0. The maximum Gasteiger partial charge on any atom is 0.253 e. The smallest absolute Gasteiger partial charge is 0.253 e. The third-order valence-corrected chi connectivity index (χ3v) is 4.30. The average molecular weight is 257 g/mol. The molecule has 0 radical (unpaired) electrons. The molecule has 1 saturated heterocycles. The Morgan fingerprint density at radius 3 is 2.79 bits per heavy atom. The maximum absolute atomic E-state index is 12.5. The molecule has 1 atom stereocenters. The quantitative estimate of drug-likeness (QED) is 0.749. The molecule has 102 valence electrons. The third-order valence-electron chi connectivity index (χ3n) is 4.30. The molecule has 19 heavy (non-hydrogen) atoms. The number of benzene rings is 1. The monoisotopic (exact) mass is 257 g/mol. The van der Waals surface area contributed by atoms with Gasteiger partial charge in [0.2, 0.25) is 0 Å². The first-order valence-electron chi connectivity index (χ1n) is 7.16. The van der Waals surface area contributed by atoms with E-state index in [1.165, 1.54) is 6.42 Å². The lowest BCUT2D eigenvalue weighted by molar-refractivity contribution is 0.0506. The molecular formula is C17H23NO. The predicted octanol–water partition coefficient (Wildman–Crippen LogP) is 3.90. The zero-order valence-corrected chi connectivity index (χ0v) is 11.8. The molecule has 1 amide bonds. The summed E-state index contributed by atoms with van der Waals surface area (Å²) < 4.78 is 0. The van der Waals surface area contributed by atoms with Gasteiger partial charge in [-0.1, -0.05) is 31.2 Å². The average Bonchev–Trinajstić information content (AvgIpc) is 2.48. The highest BCUT2D eigenvalue weighted by atomic mass is 16.2. The van der Waals surface area contributed by atoms with Gasteiger partial charge in [0.05, 0.1) is 0 Å². The normalized spacial score (nSPS) is 23.1. The molecular weight excluding hydrogens is 234 g/mol. The van der Waals surface area contributed by atoms with Crippen LogP contribution in [0.1, 0.15) is 43.0 Å². The number of rotatable bonds is 4. The fourth-order valence-electron chi connectivity index (χ4n) is 3.05. The van der Waals surface area contributed by atoms with Crippen molar-refractivity contribution in [3.8, 4) is 0 Å². The molecule has 1 aromatic rings. The molecule has 0 aliphatic carbocycles. The van der Waals surface area contributed by atoms with Gasteiger partial charge in [0.25, 0.3) is 5.91 Å². The van der Waals surface area contributed by atoms with Gasteiger partial charge in [-0.3, -0.25) is 4.79 Å². The Labute approximate surface area is 116 Å². The molecule has 2 nitrogen and oxygen atoms in total. The van der Waals surface area contributed by atoms with Gasteiger partial charge in [0, 0.05) is 18.7 Å². The number of likely N-dealkylation sites (tertiary alicyclic amines) is 1. The molecule has 0 spiro atoms. The molecule has 0 saturated carbocycles. The lowest BCUT2D eigenvalue weighted by Crippen LogP contribution is -2.45. The first kappa shape index (κ1) is 13.9. The van der Waals surface area contributed by atoms with Gasteiger partial charge >= 0.3 is 0 Å². The molecule has 1 aromatic carbocycles. The molecule has 1 unspecified atom stereocenters. The van der Waals surface area contributed by atoms with Gasteiger partial charge < -0.3 is 4.90 Å². The van der Waals surface area contributed by atoms with E-state index in [0.29, 0.717) is 0 Å². The summed E-state index contributed by atoms with van der Waals surface area (Å²) in [4.78, 5) is 14.5. The van der Waals surface area contributed by atoms with E-state index in [1.54, 1.807) is 0 Å². The Hall–Kier alpha value is -1.57. The Bertz CT molecular complexity index is 440. The number of carbonyl (C=O) groups is 1. The summed E-state index contributed by atoms with van der Waals surface area (Å²) >= 11 is 0. The fraction of sp³-hybridized carbons (Fsp3) is 0.471. The predicted molar refractivity (Wildman–Crippen MR) is 79.1 cm³/mol. The minimum Gasteiger partial charge on any atom is -0.338 e. The molecule has 0 N–H and O–H groups in total. The van der Waals surface area contributed by atoms with Gasteiger partial charge in [-0.05, 0) is 43.2 Å². The zero-order chi connectivity index (χ0) is 13.7. The summed E-state index contributed by atoms with van der Waals surface area (Å²) in [5.41, 5.74) is 1.04. The number of hydrogen-bond donors (Lipinski definition) is 0. The molecule has 2 heteroatoms. The van der Waals surface area contributed by atoms with Crippen molar-refractivity contribution >= 4 is 5.91 Å². The highest BCUT2D eigenvalue weighted by Crippen LogP contribution is 2.37. The lowest BCUT2D eigenvalue weighted by atomic mass is 9.75. The summed E-state index contributed by atoms with van der Waals surface area (Å²) in [6.07, 6.45) is 6.41. The summed E-state index contributed by atoms with van der Waals surface area (Å²) in [5.74, 6) is 0.169. The van der Waals surface area contributed by atoms with Crippen LogP contribution in [-0.4, -0.2) is 23.9 Å². The van der Waals surface area contributed by atoms with Crippen LogP contribution in [-0.2, 0) is 0 Å². The van der Waals surface area contributed by atoms with Crippen LogP contribution in [0.5, 0.6) is 0 Å². The second kappa shape index (κ2) is 6.05. The molecule has 1 heterocycles. The van der Waals surface area contributed by atoms with Gasteiger partial charge in [-0.25, -0.2) is 0 Å². The van der Waals surface area contributed by atoms with E-state index >= 15 is 0 Å². The Kier molecular flexibility index (Phi) is 4.41. The van der Waals surface area contributed by atoms with Gasteiger partial charge in [-0.2, -0.15) is 0 Å². The number of piperidine rings is 1. The van der Waals surface area contributed by atoms with Crippen LogP contribution in [0.2, 0.25) is 0 Å². The highest BCUT2D eigenvalue weighted by molar-refractivity contribution is 5.94. The number of nitrogens with zero attached hydrogens (tertiary/aromatic N) is 1. The van der Waals surface area contributed by atoms with E-state index in [0.717, 1.165) is 37.9 Å². The van der Waals surface area contributed by atoms with E-state index in [4.69, 9.17) is 0 Å². The minimum atomic E-state index is 0.169. The van der Waals surface area contributed by atoms with Crippen molar-refractivity contribution in [3.05, 3.63) is 48.6 Å². The van der Waals surface area contributed by atoms with Crippen molar-refractivity contribution in [3.63, 3.8) is 0 Å². The third kappa shape index (κ3) is 3.06. The van der Waals surface area contributed by atoms with E-state index in [2.05, 4.69) is 13.5 Å². The zero-order valence-electron chi connectivity index (χ0n) is 11.8. The number of carbonyl (C=O) groups excluding carboxylic acids is 1. The van der Waals surface area contributed by atoms with Crippen molar-refractivity contribution in [1.29, 1.82) is 0 Å². The standard InChI is InChI=1S/C17H23NO/c1-3-11-17(4-2)12-8-13-18(14-17)16(19)15-9-6-5-7-10-15/h3,5-7,9-10H,1,4,8,11-14H2,2H3. The van der Waals surface area contributed by atoms with Gasteiger partial charge in [0.1, 0.15) is 0 Å². The SMILES string of the molecule is C=CCC1(CC)CCCN(C(=O)c2ccccc2)C1. The summed E-state index contributed by atoms with van der Waals surface area (Å²) in [6.45, 7) is 7.84. The van der Waals surface area contributed by atoms with Crippen LogP contribution in [0, 0.1) is 5.41 Å². The van der Waals surface area contributed by atoms with Crippen LogP contribution < -0.4 is 0 Å². The van der Waals surface area contributed by atoms with E-state index in [1.807, 2.05) is 41.3 Å². The first-order valence-corrected chi connectivity index (χ1v) is 7.16. The van der Waals surface area contributed by atoms with E-state index in [9.17, 15) is 4.79 Å². The molecule has 1 aliphatic heterocycles. The number of hydrogen-bond acceptors (Lipinski definition) is 1. The minimum absolute atomic E-state index is 0.169. The fourth-order valence-corrected chi connectivity index (χ4v) is 3.05. The number of allylic oxidation sites excluding steroid dienone is 1. The Morgan fingerprint density at radius 1 is 1.42 bits per heavy atom. The molecule has 1 fully saturated rings. The molecule has 1 aliphatic rings. The molecule has 0 bridgehead atoms. The Balaban J connectivity index is 2.13. The van der Waals surface area contributed by atoms with Crippen LogP contribution in [0.25, 0.3) is 0 Å². The lowest BCUT2D eigenvalue weighted by Gasteiger charge is -2.42. The summed E-state index contributed by atoms with van der Waals surface area (Å²) in [6, 6.07) is 9.60. The summed E-state index contributed by atoms with van der Waals surface area (Å²) in [7, 11) is 0. The Morgan fingerprint density at radius 2 is 2.16 bits per heavy atom. The second-order valence-electron chi connectivity index (χ2n) is 5.54. The van der Waals surface area contributed by atoms with Crippen molar-refractivity contribution in [2.24, 2.45) is 5.41 Å². The van der Waals surface area contributed by atoms with Gasteiger partial charge in [-0.15, -0.1) is 6.58 Å². The van der Waals surface area contributed by atoms with Gasteiger partial charge in [0.15, 0.2) is 0 Å². The second-order valence-corrected chi connectivity index (χ2v) is 5.54.